The molecule has 0 atom stereocenters. The minimum Gasteiger partial charge on any atom is -0.393 e. The number of aromatic nitrogens is 1. The number of nitrogens with zero attached hydrogens (tertiary/aromatic N) is 3. The van der Waals surface area contributed by atoms with E-state index in [0.717, 1.165) is 27.8 Å². The number of aliphatic hydroxyl groups is 1. The second-order valence-corrected chi connectivity index (χ2v) is 13.8. The first-order chi connectivity index (χ1) is 18.5. The molecule has 2 fully saturated rings. The van der Waals surface area contributed by atoms with Crippen LogP contribution in [-0.4, -0.2) is 72.2 Å². The number of likely N-dealkylation sites (tertiary alicyclic amines) is 1. The predicted molar refractivity (Wildman–Crippen MR) is 150 cm³/mol. The Labute approximate surface area is 232 Å². The maximum atomic E-state index is 14.0. The molecule has 2 aromatic carbocycles. The van der Waals surface area contributed by atoms with Crippen molar-refractivity contribution in [3.05, 3.63) is 64.8 Å². The van der Waals surface area contributed by atoms with E-state index in [0.29, 0.717) is 50.5 Å². The first kappa shape index (κ1) is 26.2. The maximum absolute atomic E-state index is 14.0. The van der Waals surface area contributed by atoms with Gasteiger partial charge in [0.15, 0.2) is 0 Å². The van der Waals surface area contributed by atoms with Crippen LogP contribution >= 0.6 is 11.6 Å². The van der Waals surface area contributed by atoms with E-state index in [1.54, 1.807) is 9.80 Å². The zero-order valence-electron chi connectivity index (χ0n) is 21.6. The van der Waals surface area contributed by atoms with Crippen LogP contribution in [0.25, 0.3) is 10.9 Å². The number of halogens is 1. The Bertz CT molecular complexity index is 1570. The topological polar surface area (TPSA) is 112 Å². The fraction of sp³-hybridized carbons (Fsp3) is 0.429. The van der Waals surface area contributed by atoms with Crippen molar-refractivity contribution in [1.82, 2.24) is 14.8 Å². The fourth-order valence-electron chi connectivity index (χ4n) is 6.12. The molecule has 39 heavy (non-hydrogen) atoms. The van der Waals surface area contributed by atoms with Crippen LogP contribution in [0.15, 0.2) is 48.5 Å². The van der Waals surface area contributed by atoms with Gasteiger partial charge in [0, 0.05) is 59.2 Å². The molecule has 3 aromatic rings. The number of rotatable bonds is 7. The molecule has 11 heteroatoms. The molecule has 1 saturated heterocycles. The highest BCUT2D eigenvalue weighted by molar-refractivity contribution is 7.90. The smallest absolute Gasteiger partial charge is 0.317 e. The summed E-state index contributed by atoms with van der Waals surface area (Å²) in [6.45, 7) is 1.40. The lowest BCUT2D eigenvalue weighted by Crippen LogP contribution is -2.67. The summed E-state index contributed by atoms with van der Waals surface area (Å²) >= 11 is 6.26. The number of fused-ring (bicyclic) bond motifs is 3. The molecule has 3 heterocycles. The second-order valence-electron chi connectivity index (χ2n) is 11.1. The molecule has 0 unspecified atom stereocenters. The zero-order valence-corrected chi connectivity index (χ0v) is 23.2. The number of hydrogen-bond donors (Lipinski definition) is 2. The first-order valence-corrected chi connectivity index (χ1v) is 15.6. The SMILES string of the molecule is CS(=O)(=O)CCCn1c(CN2C(=O)C3(CN(C(=O)NC4CC(O)C4)C3)c3ccccc32)cc2cc(Cl)ccc21. The number of carbonyl (C=O) groups excluding carboxylic acids is 2. The number of nitrogens with one attached hydrogen (secondary N) is 1. The van der Waals surface area contributed by atoms with Crippen molar-refractivity contribution in [2.24, 2.45) is 0 Å². The largest absolute Gasteiger partial charge is 0.393 e. The summed E-state index contributed by atoms with van der Waals surface area (Å²) in [4.78, 5) is 30.2. The van der Waals surface area contributed by atoms with Crippen molar-refractivity contribution in [3.8, 4) is 0 Å². The molecule has 3 aliphatic rings. The van der Waals surface area contributed by atoms with E-state index in [1.165, 1.54) is 6.26 Å². The molecule has 2 N–H and O–H groups in total. The van der Waals surface area contributed by atoms with Crippen molar-refractivity contribution >= 4 is 50.0 Å². The Kier molecular flexibility index (Phi) is 6.39. The third-order valence-electron chi connectivity index (χ3n) is 8.18. The van der Waals surface area contributed by atoms with Crippen LogP contribution in [0.5, 0.6) is 0 Å². The van der Waals surface area contributed by atoms with Gasteiger partial charge in [0.25, 0.3) is 0 Å². The number of aliphatic hydroxyl groups excluding tert-OH is 1. The van der Waals surface area contributed by atoms with Crippen LogP contribution in [0, 0.1) is 0 Å². The Morgan fingerprint density at radius 1 is 1.15 bits per heavy atom. The average Bonchev–Trinajstić information content (AvgIpc) is 3.28. The predicted octanol–water partition coefficient (Wildman–Crippen LogP) is 3.06. The molecular weight excluding hydrogens is 540 g/mol. The van der Waals surface area contributed by atoms with Gasteiger partial charge in [-0.25, -0.2) is 13.2 Å². The summed E-state index contributed by atoms with van der Waals surface area (Å²) < 4.78 is 25.6. The van der Waals surface area contributed by atoms with Gasteiger partial charge in [-0.15, -0.1) is 0 Å². The van der Waals surface area contributed by atoms with E-state index in [-0.39, 0.29) is 29.8 Å². The van der Waals surface area contributed by atoms with Crippen LogP contribution < -0.4 is 10.2 Å². The third-order valence-corrected chi connectivity index (χ3v) is 9.45. The number of benzene rings is 2. The molecule has 2 aliphatic heterocycles. The van der Waals surface area contributed by atoms with Gasteiger partial charge in [0.1, 0.15) is 15.3 Å². The molecule has 1 spiro atoms. The van der Waals surface area contributed by atoms with Crippen molar-refractivity contribution < 1.29 is 23.1 Å². The van der Waals surface area contributed by atoms with Crippen molar-refractivity contribution in [1.29, 1.82) is 0 Å². The highest BCUT2D eigenvalue weighted by Crippen LogP contribution is 2.48. The van der Waals surface area contributed by atoms with E-state index in [9.17, 15) is 23.1 Å². The Morgan fingerprint density at radius 3 is 2.62 bits per heavy atom. The lowest BCUT2D eigenvalue weighted by Gasteiger charge is -2.47. The number of urea groups is 1. The lowest BCUT2D eigenvalue weighted by atomic mass is 9.74. The number of hydrogen-bond acceptors (Lipinski definition) is 5. The molecule has 1 saturated carbocycles. The van der Waals surface area contributed by atoms with Gasteiger partial charge in [-0.3, -0.25) is 4.79 Å². The van der Waals surface area contributed by atoms with E-state index in [1.807, 2.05) is 48.5 Å². The molecule has 9 nitrogen and oxygen atoms in total. The standard InChI is InChI=1S/C28H31ClN4O5S/c1-39(37,38)10-4-9-32-21(12-18-11-19(29)7-8-24(18)32)15-33-25-6-3-2-5-23(25)28(26(33)35)16-31(17-28)27(36)30-20-13-22(34)14-20/h2-3,5-8,11-12,20,22,34H,4,9-10,13-17H2,1H3,(H,30,36). The molecule has 0 bridgehead atoms. The second kappa shape index (κ2) is 9.53. The zero-order chi connectivity index (χ0) is 27.5. The van der Waals surface area contributed by atoms with Crippen LogP contribution in [0.1, 0.15) is 30.5 Å². The number of carbonyl (C=O) groups is 2. The molecule has 6 rings (SSSR count). The third kappa shape index (κ3) is 4.68. The van der Waals surface area contributed by atoms with Gasteiger partial charge in [0.05, 0.1) is 18.4 Å². The van der Waals surface area contributed by atoms with Crippen LogP contribution in [-0.2, 0) is 33.1 Å². The highest BCUT2D eigenvalue weighted by atomic mass is 35.5. The molecule has 1 aromatic heterocycles. The molecule has 206 valence electrons. The first-order valence-electron chi connectivity index (χ1n) is 13.1. The highest BCUT2D eigenvalue weighted by Gasteiger charge is 2.59. The minimum atomic E-state index is -3.10. The summed E-state index contributed by atoms with van der Waals surface area (Å²) in [5, 5.41) is 14.0. The molecule has 1 aliphatic carbocycles. The molecular formula is C28H31ClN4O5S. The summed E-state index contributed by atoms with van der Waals surface area (Å²) in [6.07, 6.45) is 2.45. The molecule has 3 amide bonds. The Hall–Kier alpha value is -3.08. The summed E-state index contributed by atoms with van der Waals surface area (Å²) in [5.74, 6) is 0.0317. The van der Waals surface area contributed by atoms with Gasteiger partial charge in [-0.2, -0.15) is 0 Å². The normalized spacial score (nSPS) is 21.7. The lowest BCUT2D eigenvalue weighted by molar-refractivity contribution is -0.128. The van der Waals surface area contributed by atoms with Crippen LogP contribution in [0.4, 0.5) is 10.5 Å². The quantitative estimate of drug-likeness (QED) is 0.453. The van der Waals surface area contributed by atoms with Gasteiger partial charge in [-0.05, 0) is 55.2 Å². The van der Waals surface area contributed by atoms with Crippen molar-refractivity contribution in [2.75, 3.05) is 30.0 Å². The summed E-state index contributed by atoms with van der Waals surface area (Å²) in [6, 6.07) is 15.1. The summed E-state index contributed by atoms with van der Waals surface area (Å²) in [5.41, 5.74) is 2.78. The van der Waals surface area contributed by atoms with Crippen LogP contribution in [0.3, 0.4) is 0 Å². The van der Waals surface area contributed by atoms with Gasteiger partial charge in [0.2, 0.25) is 5.91 Å². The monoisotopic (exact) mass is 570 g/mol. The maximum Gasteiger partial charge on any atom is 0.317 e. The fourth-order valence-corrected chi connectivity index (χ4v) is 6.95. The molecule has 0 radical (unpaired) electrons. The van der Waals surface area contributed by atoms with Crippen LogP contribution in [0.2, 0.25) is 5.02 Å². The van der Waals surface area contributed by atoms with E-state index < -0.39 is 15.3 Å². The van der Waals surface area contributed by atoms with Crippen molar-refractivity contribution in [3.63, 3.8) is 0 Å². The van der Waals surface area contributed by atoms with E-state index >= 15 is 0 Å². The van der Waals surface area contributed by atoms with Crippen molar-refractivity contribution in [2.45, 2.75) is 49.9 Å². The number of amides is 3. The number of anilines is 1. The Morgan fingerprint density at radius 2 is 1.90 bits per heavy atom. The van der Waals surface area contributed by atoms with Gasteiger partial charge in [-0.1, -0.05) is 29.8 Å². The number of para-hydroxylation sites is 1. The number of sulfone groups is 1. The minimum absolute atomic E-state index is 0.0229. The van der Waals surface area contributed by atoms with E-state index in [4.69, 9.17) is 11.6 Å². The van der Waals surface area contributed by atoms with Gasteiger partial charge < -0.3 is 24.8 Å². The summed E-state index contributed by atoms with van der Waals surface area (Å²) in [7, 11) is -3.10. The number of aryl methyl sites for hydroxylation is 1. The Balaban J connectivity index is 1.26. The average molecular weight is 571 g/mol. The van der Waals surface area contributed by atoms with E-state index in [2.05, 4.69) is 9.88 Å². The van der Waals surface area contributed by atoms with Gasteiger partial charge >= 0.3 is 6.03 Å².